The van der Waals surface area contributed by atoms with Gasteiger partial charge in [0.2, 0.25) is 0 Å². The van der Waals surface area contributed by atoms with Crippen molar-refractivity contribution >= 4 is 0 Å². The maximum atomic E-state index is 9.67. The summed E-state index contributed by atoms with van der Waals surface area (Å²) in [7, 11) is 0. The fraction of sp³-hybridized carbons (Fsp3) is 1.00. The summed E-state index contributed by atoms with van der Waals surface area (Å²) in [5.74, 6) is 0.190. The van der Waals surface area contributed by atoms with Crippen molar-refractivity contribution in [3.63, 3.8) is 0 Å². The van der Waals surface area contributed by atoms with Crippen LogP contribution in [0.25, 0.3) is 0 Å². The largest absolute Gasteiger partial charge is 0.396 e. The molecule has 0 aromatic carbocycles. The normalized spacial score (nSPS) is 18.2. The lowest BCUT2D eigenvalue weighted by Crippen LogP contribution is -2.41. The quantitative estimate of drug-likeness (QED) is 0.608. The molecule has 98 valence electrons. The Kier molecular flexibility index (Phi) is 7.15. The highest BCUT2D eigenvalue weighted by Gasteiger charge is 2.15. The van der Waals surface area contributed by atoms with Crippen LogP contribution in [0.4, 0.5) is 0 Å². The smallest absolute Gasteiger partial charge is 0.0898 e. The van der Waals surface area contributed by atoms with Crippen LogP contribution in [0.1, 0.15) is 34.6 Å². The summed E-state index contributed by atoms with van der Waals surface area (Å²) < 4.78 is 5.47. The Labute approximate surface area is 99.0 Å². The van der Waals surface area contributed by atoms with Crippen LogP contribution in [0.15, 0.2) is 0 Å². The SMILES string of the molecule is CC(CO)C(C)NCC(O)COC(C)(C)C. The molecule has 4 heteroatoms. The zero-order chi connectivity index (χ0) is 12.8. The highest BCUT2D eigenvalue weighted by atomic mass is 16.5. The van der Waals surface area contributed by atoms with Gasteiger partial charge in [0.1, 0.15) is 0 Å². The van der Waals surface area contributed by atoms with Crippen molar-refractivity contribution in [1.29, 1.82) is 0 Å². The van der Waals surface area contributed by atoms with Crippen molar-refractivity contribution in [3.05, 3.63) is 0 Å². The molecular formula is C12H27NO3. The molecule has 3 N–H and O–H groups in total. The van der Waals surface area contributed by atoms with Crippen LogP contribution in [0, 0.1) is 5.92 Å². The Morgan fingerprint density at radius 2 is 1.81 bits per heavy atom. The van der Waals surface area contributed by atoms with Crippen molar-refractivity contribution in [2.45, 2.75) is 52.4 Å². The first-order chi connectivity index (χ1) is 7.26. The van der Waals surface area contributed by atoms with Gasteiger partial charge in [-0.2, -0.15) is 0 Å². The zero-order valence-electron chi connectivity index (χ0n) is 11.2. The second-order valence-electron chi connectivity index (χ2n) is 5.43. The third-order valence-electron chi connectivity index (χ3n) is 2.53. The molecule has 0 aliphatic heterocycles. The van der Waals surface area contributed by atoms with E-state index in [1.165, 1.54) is 0 Å². The van der Waals surface area contributed by atoms with Crippen molar-refractivity contribution < 1.29 is 14.9 Å². The molecule has 0 rings (SSSR count). The van der Waals surface area contributed by atoms with E-state index in [2.05, 4.69) is 5.32 Å². The van der Waals surface area contributed by atoms with Gasteiger partial charge in [0.25, 0.3) is 0 Å². The first kappa shape index (κ1) is 15.8. The van der Waals surface area contributed by atoms with Gasteiger partial charge in [-0.3, -0.25) is 0 Å². The van der Waals surface area contributed by atoms with E-state index >= 15 is 0 Å². The molecule has 3 unspecified atom stereocenters. The summed E-state index contributed by atoms with van der Waals surface area (Å²) in [6.45, 7) is 10.8. The van der Waals surface area contributed by atoms with Gasteiger partial charge < -0.3 is 20.3 Å². The van der Waals surface area contributed by atoms with Crippen LogP contribution in [-0.2, 0) is 4.74 Å². The van der Waals surface area contributed by atoms with Crippen molar-refractivity contribution in [2.24, 2.45) is 5.92 Å². The minimum atomic E-state index is -0.507. The summed E-state index contributed by atoms with van der Waals surface area (Å²) in [6, 6.07) is 0.189. The predicted octanol–water partition coefficient (Wildman–Crippen LogP) is 0.769. The number of hydrogen-bond acceptors (Lipinski definition) is 4. The van der Waals surface area contributed by atoms with Crippen molar-refractivity contribution in [2.75, 3.05) is 19.8 Å². The Morgan fingerprint density at radius 1 is 1.25 bits per heavy atom. The van der Waals surface area contributed by atoms with E-state index in [1.54, 1.807) is 0 Å². The van der Waals surface area contributed by atoms with Crippen LogP contribution < -0.4 is 5.32 Å². The van der Waals surface area contributed by atoms with Crippen LogP contribution in [0.2, 0.25) is 0 Å². The highest BCUT2D eigenvalue weighted by molar-refractivity contribution is 4.70. The average molecular weight is 233 g/mol. The summed E-state index contributed by atoms with van der Waals surface area (Å²) in [5, 5.41) is 21.8. The van der Waals surface area contributed by atoms with E-state index in [-0.39, 0.29) is 24.2 Å². The molecule has 3 atom stereocenters. The zero-order valence-corrected chi connectivity index (χ0v) is 11.2. The molecule has 0 spiro atoms. The maximum absolute atomic E-state index is 9.67. The van der Waals surface area contributed by atoms with E-state index < -0.39 is 6.10 Å². The lowest BCUT2D eigenvalue weighted by Gasteiger charge is -2.24. The predicted molar refractivity (Wildman–Crippen MR) is 65.4 cm³/mol. The number of hydrogen-bond donors (Lipinski definition) is 3. The molecular weight excluding hydrogens is 206 g/mol. The molecule has 0 fully saturated rings. The monoisotopic (exact) mass is 233 g/mol. The number of aliphatic hydroxyl groups is 2. The maximum Gasteiger partial charge on any atom is 0.0898 e. The summed E-state index contributed by atoms with van der Waals surface area (Å²) in [6.07, 6.45) is -0.507. The van der Waals surface area contributed by atoms with E-state index in [0.29, 0.717) is 13.2 Å². The van der Waals surface area contributed by atoms with Crippen LogP contribution in [0.3, 0.4) is 0 Å². The minimum absolute atomic E-state index is 0.156. The van der Waals surface area contributed by atoms with Crippen molar-refractivity contribution in [1.82, 2.24) is 5.32 Å². The number of rotatable bonds is 7. The first-order valence-corrected chi connectivity index (χ1v) is 5.92. The molecule has 0 saturated carbocycles. The molecule has 0 bridgehead atoms. The third kappa shape index (κ3) is 8.05. The molecule has 16 heavy (non-hydrogen) atoms. The molecule has 0 radical (unpaired) electrons. The first-order valence-electron chi connectivity index (χ1n) is 5.92. The second kappa shape index (κ2) is 7.22. The van der Waals surface area contributed by atoms with Gasteiger partial charge >= 0.3 is 0 Å². The van der Waals surface area contributed by atoms with Crippen LogP contribution in [-0.4, -0.2) is 47.7 Å². The molecule has 0 aliphatic rings. The number of aliphatic hydroxyl groups excluding tert-OH is 2. The molecule has 0 aromatic rings. The summed E-state index contributed by atoms with van der Waals surface area (Å²) >= 11 is 0. The lowest BCUT2D eigenvalue weighted by atomic mass is 10.1. The fourth-order valence-corrected chi connectivity index (χ4v) is 1.09. The van der Waals surface area contributed by atoms with E-state index in [4.69, 9.17) is 9.84 Å². The van der Waals surface area contributed by atoms with Gasteiger partial charge in [0.05, 0.1) is 18.3 Å². The van der Waals surface area contributed by atoms with E-state index in [1.807, 2.05) is 34.6 Å². The van der Waals surface area contributed by atoms with Gasteiger partial charge in [-0.05, 0) is 33.6 Å². The van der Waals surface area contributed by atoms with Gasteiger partial charge in [-0.15, -0.1) is 0 Å². The Bertz CT molecular complexity index is 180. The van der Waals surface area contributed by atoms with Crippen molar-refractivity contribution in [3.8, 4) is 0 Å². The molecule has 0 amide bonds. The van der Waals surface area contributed by atoms with Crippen LogP contribution >= 0.6 is 0 Å². The van der Waals surface area contributed by atoms with Gasteiger partial charge in [-0.25, -0.2) is 0 Å². The molecule has 0 saturated heterocycles. The minimum Gasteiger partial charge on any atom is -0.396 e. The lowest BCUT2D eigenvalue weighted by molar-refractivity contribution is -0.0486. The van der Waals surface area contributed by atoms with Gasteiger partial charge in [0, 0.05) is 19.2 Å². The fourth-order valence-electron chi connectivity index (χ4n) is 1.09. The topological polar surface area (TPSA) is 61.7 Å². The summed E-state index contributed by atoms with van der Waals surface area (Å²) in [5.41, 5.74) is -0.217. The third-order valence-corrected chi connectivity index (χ3v) is 2.53. The standard InChI is InChI=1S/C12H27NO3/c1-9(7-14)10(2)13-6-11(15)8-16-12(3,4)5/h9-11,13-15H,6-8H2,1-5H3. The Hall–Kier alpha value is -0.160. The molecule has 0 heterocycles. The van der Waals surface area contributed by atoms with Crippen LogP contribution in [0.5, 0.6) is 0 Å². The Morgan fingerprint density at radius 3 is 2.25 bits per heavy atom. The average Bonchev–Trinajstić information content (AvgIpc) is 2.20. The van der Waals surface area contributed by atoms with Gasteiger partial charge in [-0.1, -0.05) is 6.92 Å². The second-order valence-corrected chi connectivity index (χ2v) is 5.43. The summed E-state index contributed by atoms with van der Waals surface area (Å²) in [4.78, 5) is 0. The van der Waals surface area contributed by atoms with E-state index in [9.17, 15) is 5.11 Å². The number of nitrogens with one attached hydrogen (secondary N) is 1. The molecule has 0 aliphatic carbocycles. The van der Waals surface area contributed by atoms with Gasteiger partial charge in [0.15, 0.2) is 0 Å². The Balaban J connectivity index is 3.69. The molecule has 0 aromatic heterocycles. The number of ether oxygens (including phenoxy) is 1. The molecule has 4 nitrogen and oxygen atoms in total. The van der Waals surface area contributed by atoms with E-state index in [0.717, 1.165) is 0 Å². The highest BCUT2D eigenvalue weighted by Crippen LogP contribution is 2.07.